The number of hydrogen-bond donors (Lipinski definition) is 0. The molecule has 0 aliphatic carbocycles. The minimum Gasteiger partial charge on any atom is -0.294 e. The van der Waals surface area contributed by atoms with Gasteiger partial charge in [-0.1, -0.05) is 13.3 Å². The third-order valence-electron chi connectivity index (χ3n) is 3.20. The molecule has 0 amide bonds. The number of alkyl halides is 1. The van der Waals surface area contributed by atoms with Crippen LogP contribution >= 0.6 is 11.6 Å². The molecule has 2 heterocycles. The van der Waals surface area contributed by atoms with Gasteiger partial charge >= 0.3 is 0 Å². The van der Waals surface area contributed by atoms with Gasteiger partial charge in [-0.05, 0) is 20.3 Å². The Morgan fingerprint density at radius 3 is 2.63 bits per heavy atom. The molecule has 0 spiro atoms. The molecule has 0 atom stereocenters. The normalized spacial score (nSPS) is 11.4. The number of aromatic nitrogens is 4. The molecule has 0 aliphatic heterocycles. The summed E-state index contributed by atoms with van der Waals surface area (Å²) in [5.74, 6) is 1.10. The molecule has 0 unspecified atom stereocenters. The van der Waals surface area contributed by atoms with Gasteiger partial charge in [0.05, 0.1) is 5.69 Å². The molecular formula is C13H19ClN4O. The highest BCUT2D eigenvalue weighted by atomic mass is 35.5. The summed E-state index contributed by atoms with van der Waals surface area (Å²) in [5.41, 5.74) is 2.22. The Hall–Kier alpha value is -1.36. The van der Waals surface area contributed by atoms with Crippen LogP contribution in [0.3, 0.4) is 0 Å². The predicted octanol–water partition coefficient (Wildman–Crippen LogP) is 2.11. The highest BCUT2D eigenvalue weighted by Gasteiger charge is 2.17. The monoisotopic (exact) mass is 282 g/mol. The Morgan fingerprint density at radius 1 is 1.32 bits per heavy atom. The van der Waals surface area contributed by atoms with Crippen molar-refractivity contribution in [1.29, 1.82) is 0 Å². The fourth-order valence-corrected chi connectivity index (χ4v) is 2.48. The van der Waals surface area contributed by atoms with Gasteiger partial charge in [-0.15, -0.1) is 11.6 Å². The lowest BCUT2D eigenvalue weighted by molar-refractivity contribution is 0.647. The zero-order chi connectivity index (χ0) is 14.0. The van der Waals surface area contributed by atoms with Crippen molar-refractivity contribution in [3.05, 3.63) is 21.9 Å². The van der Waals surface area contributed by atoms with E-state index in [2.05, 4.69) is 17.0 Å². The minimum atomic E-state index is -0.0418. The second-order valence-corrected chi connectivity index (χ2v) is 4.89. The van der Waals surface area contributed by atoms with Crippen molar-refractivity contribution < 1.29 is 0 Å². The van der Waals surface area contributed by atoms with Crippen molar-refractivity contribution >= 4 is 22.6 Å². The van der Waals surface area contributed by atoms with Crippen LogP contribution < -0.4 is 5.56 Å². The Morgan fingerprint density at radius 2 is 2.05 bits per heavy atom. The topological polar surface area (TPSA) is 52.7 Å². The van der Waals surface area contributed by atoms with Crippen LogP contribution in [0.5, 0.6) is 0 Å². The van der Waals surface area contributed by atoms with E-state index in [9.17, 15) is 4.79 Å². The van der Waals surface area contributed by atoms with Crippen molar-refractivity contribution in [1.82, 2.24) is 19.3 Å². The van der Waals surface area contributed by atoms with Gasteiger partial charge < -0.3 is 0 Å². The maximum atomic E-state index is 12.5. The zero-order valence-electron chi connectivity index (χ0n) is 11.6. The molecule has 5 nitrogen and oxygen atoms in total. The summed E-state index contributed by atoms with van der Waals surface area (Å²) in [5, 5.41) is 4.51. The average molecular weight is 283 g/mol. The summed E-state index contributed by atoms with van der Waals surface area (Å²) < 4.78 is 3.37. The maximum Gasteiger partial charge on any atom is 0.279 e. The van der Waals surface area contributed by atoms with Gasteiger partial charge in [0.25, 0.3) is 5.56 Å². The highest BCUT2D eigenvalue weighted by Crippen LogP contribution is 2.15. The SMILES string of the molecule is CCCc1nn(CC)c2c(=O)n(CCCl)c(C)nc12. The zero-order valence-corrected chi connectivity index (χ0v) is 12.4. The van der Waals surface area contributed by atoms with Crippen LogP contribution in [-0.2, 0) is 19.5 Å². The largest absolute Gasteiger partial charge is 0.294 e. The van der Waals surface area contributed by atoms with Crippen LogP contribution in [0.15, 0.2) is 4.79 Å². The predicted molar refractivity (Wildman–Crippen MR) is 76.9 cm³/mol. The molecule has 0 aliphatic rings. The molecule has 19 heavy (non-hydrogen) atoms. The molecule has 104 valence electrons. The van der Waals surface area contributed by atoms with Gasteiger partial charge in [0.1, 0.15) is 11.3 Å². The van der Waals surface area contributed by atoms with Gasteiger partial charge in [0, 0.05) is 19.0 Å². The van der Waals surface area contributed by atoms with Crippen LogP contribution in [0.2, 0.25) is 0 Å². The first-order valence-corrected chi connectivity index (χ1v) is 7.20. The van der Waals surface area contributed by atoms with E-state index in [-0.39, 0.29) is 5.56 Å². The van der Waals surface area contributed by atoms with Gasteiger partial charge in [0.2, 0.25) is 0 Å². The van der Waals surface area contributed by atoms with Crippen molar-refractivity contribution in [2.45, 2.75) is 46.7 Å². The Kier molecular flexibility index (Phi) is 4.24. The molecule has 2 rings (SSSR count). The summed E-state index contributed by atoms with van der Waals surface area (Å²) in [7, 11) is 0. The third kappa shape index (κ3) is 2.39. The number of aryl methyl sites for hydroxylation is 3. The van der Waals surface area contributed by atoms with E-state index in [1.807, 2.05) is 13.8 Å². The van der Waals surface area contributed by atoms with E-state index in [0.717, 1.165) is 24.1 Å². The highest BCUT2D eigenvalue weighted by molar-refractivity contribution is 6.17. The van der Waals surface area contributed by atoms with E-state index in [1.54, 1.807) is 9.25 Å². The molecule has 0 saturated carbocycles. The summed E-state index contributed by atoms with van der Waals surface area (Å²) in [6.07, 6.45) is 1.83. The fourth-order valence-electron chi connectivity index (χ4n) is 2.31. The van der Waals surface area contributed by atoms with Crippen LogP contribution in [0, 0.1) is 6.92 Å². The Labute approximate surface area is 117 Å². The molecule has 2 aromatic heterocycles. The Balaban J connectivity index is 2.77. The lowest BCUT2D eigenvalue weighted by atomic mass is 10.2. The second-order valence-electron chi connectivity index (χ2n) is 4.51. The van der Waals surface area contributed by atoms with Crippen molar-refractivity contribution in [3.63, 3.8) is 0 Å². The first kappa shape index (κ1) is 14.1. The standard InChI is InChI=1S/C13H19ClN4O/c1-4-6-10-11-12(18(5-2)16-10)13(19)17(8-7-14)9(3)15-11/h4-8H2,1-3H3. The van der Waals surface area contributed by atoms with Crippen LogP contribution in [0.25, 0.3) is 11.0 Å². The van der Waals surface area contributed by atoms with Crippen molar-refractivity contribution in [2.75, 3.05) is 5.88 Å². The average Bonchev–Trinajstić information content (AvgIpc) is 2.73. The van der Waals surface area contributed by atoms with E-state index in [4.69, 9.17) is 11.6 Å². The van der Waals surface area contributed by atoms with Gasteiger partial charge in [-0.3, -0.25) is 14.0 Å². The van der Waals surface area contributed by atoms with Gasteiger partial charge in [-0.2, -0.15) is 5.10 Å². The summed E-state index contributed by atoms with van der Waals surface area (Å²) in [6, 6.07) is 0. The van der Waals surface area contributed by atoms with E-state index >= 15 is 0 Å². The third-order valence-corrected chi connectivity index (χ3v) is 3.37. The number of halogens is 1. The van der Waals surface area contributed by atoms with E-state index in [1.165, 1.54) is 0 Å². The number of rotatable bonds is 5. The maximum absolute atomic E-state index is 12.5. The van der Waals surface area contributed by atoms with Gasteiger partial charge in [-0.25, -0.2) is 4.98 Å². The number of hydrogen-bond acceptors (Lipinski definition) is 3. The molecule has 6 heteroatoms. The molecule has 0 bridgehead atoms. The fraction of sp³-hybridized carbons (Fsp3) is 0.615. The first-order valence-electron chi connectivity index (χ1n) is 6.66. The summed E-state index contributed by atoms with van der Waals surface area (Å²) in [4.78, 5) is 17.1. The van der Waals surface area contributed by atoms with E-state index < -0.39 is 0 Å². The minimum absolute atomic E-state index is 0.0418. The smallest absolute Gasteiger partial charge is 0.279 e. The molecule has 0 N–H and O–H groups in total. The van der Waals surface area contributed by atoms with Crippen molar-refractivity contribution in [3.8, 4) is 0 Å². The van der Waals surface area contributed by atoms with Gasteiger partial charge in [0.15, 0.2) is 5.52 Å². The quantitative estimate of drug-likeness (QED) is 0.789. The molecule has 2 aromatic rings. The molecular weight excluding hydrogens is 264 g/mol. The van der Waals surface area contributed by atoms with E-state index in [0.29, 0.717) is 30.3 Å². The molecule has 0 saturated heterocycles. The van der Waals surface area contributed by atoms with Crippen LogP contribution in [0.1, 0.15) is 31.8 Å². The van der Waals surface area contributed by atoms with Crippen molar-refractivity contribution in [2.24, 2.45) is 0 Å². The van der Waals surface area contributed by atoms with Crippen LogP contribution in [-0.4, -0.2) is 25.2 Å². The first-order chi connectivity index (χ1) is 9.13. The molecule has 0 fully saturated rings. The molecule has 0 radical (unpaired) electrons. The van der Waals surface area contributed by atoms with Crippen LogP contribution in [0.4, 0.5) is 0 Å². The number of nitrogens with zero attached hydrogens (tertiary/aromatic N) is 4. The lowest BCUT2D eigenvalue weighted by Gasteiger charge is -2.08. The Bertz CT molecular complexity index is 644. The number of fused-ring (bicyclic) bond motifs is 1. The summed E-state index contributed by atoms with van der Waals surface area (Å²) in [6.45, 7) is 7.06. The lowest BCUT2D eigenvalue weighted by Crippen LogP contribution is -2.26. The molecule has 0 aromatic carbocycles. The second kappa shape index (κ2) is 5.74. The summed E-state index contributed by atoms with van der Waals surface area (Å²) >= 11 is 5.75.